The van der Waals surface area contributed by atoms with Crippen LogP contribution in [0.1, 0.15) is 23.1 Å². The lowest BCUT2D eigenvalue weighted by Crippen LogP contribution is -2.27. The summed E-state index contributed by atoms with van der Waals surface area (Å²) >= 11 is 0. The van der Waals surface area contributed by atoms with Crippen LogP contribution in [-0.4, -0.2) is 27.0 Å². The molecule has 6 nitrogen and oxygen atoms in total. The average Bonchev–Trinajstić information content (AvgIpc) is 2.98. The Balaban J connectivity index is 1.91. The predicted octanol–water partition coefficient (Wildman–Crippen LogP) is 0.786. The number of amides is 1. The normalized spacial score (nSPS) is 10.5. The number of nitrogens with two attached hydrogens (primary N) is 1. The second-order valence-corrected chi connectivity index (χ2v) is 4.03. The van der Waals surface area contributed by atoms with Crippen LogP contribution in [0.2, 0.25) is 0 Å². The number of aryl methyl sites for hydroxylation is 1. The number of aromatic amines is 1. The molecule has 0 spiro atoms. The number of aromatic nitrogens is 3. The van der Waals surface area contributed by atoms with Crippen LogP contribution in [0.3, 0.4) is 0 Å². The largest absolute Gasteiger partial charge is 0.397 e. The lowest BCUT2D eigenvalue weighted by atomic mass is 10.3. The highest BCUT2D eigenvalue weighted by Crippen LogP contribution is 2.10. The van der Waals surface area contributed by atoms with E-state index in [4.69, 9.17) is 5.73 Å². The fourth-order valence-electron chi connectivity index (χ4n) is 1.81. The zero-order chi connectivity index (χ0) is 13.0. The minimum absolute atomic E-state index is 0.104. The molecule has 0 saturated carbocycles. The molecule has 4 N–H and O–H groups in total. The van der Waals surface area contributed by atoms with Crippen molar-refractivity contribution in [3.8, 4) is 0 Å². The minimum atomic E-state index is -0.104. The molecular formula is C12H17N5O. The first-order chi connectivity index (χ1) is 8.70. The zero-order valence-corrected chi connectivity index (χ0v) is 10.3. The molecule has 0 aliphatic rings. The van der Waals surface area contributed by atoms with Crippen molar-refractivity contribution in [1.29, 1.82) is 0 Å². The van der Waals surface area contributed by atoms with E-state index in [1.807, 2.05) is 11.5 Å². The predicted molar refractivity (Wildman–Crippen MR) is 69.1 cm³/mol. The van der Waals surface area contributed by atoms with Crippen molar-refractivity contribution in [3.05, 3.63) is 36.2 Å². The average molecular weight is 247 g/mol. The standard InChI is InChI=1S/C12H17N5O/c1-2-17-7-9(13)5-11(17)12(18)15-4-3-10-6-14-8-16-10/h5-8H,2-4,13H2,1H3,(H,14,16)(H,15,18). The van der Waals surface area contributed by atoms with Crippen LogP contribution in [0.25, 0.3) is 0 Å². The number of hydrogen-bond donors (Lipinski definition) is 3. The minimum Gasteiger partial charge on any atom is -0.397 e. The molecule has 2 aromatic rings. The van der Waals surface area contributed by atoms with Gasteiger partial charge in [-0.05, 0) is 13.0 Å². The molecule has 0 aliphatic carbocycles. The fraction of sp³-hybridized carbons (Fsp3) is 0.333. The van der Waals surface area contributed by atoms with Gasteiger partial charge in [-0.15, -0.1) is 0 Å². The summed E-state index contributed by atoms with van der Waals surface area (Å²) in [4.78, 5) is 18.9. The van der Waals surface area contributed by atoms with Gasteiger partial charge in [-0.1, -0.05) is 0 Å². The molecule has 2 rings (SSSR count). The first-order valence-corrected chi connectivity index (χ1v) is 5.91. The maximum atomic E-state index is 12.0. The second-order valence-electron chi connectivity index (χ2n) is 4.03. The summed E-state index contributed by atoms with van der Waals surface area (Å²) in [6.45, 7) is 3.26. The van der Waals surface area contributed by atoms with E-state index < -0.39 is 0 Å². The number of nitrogen functional groups attached to an aromatic ring is 1. The Bertz CT molecular complexity index is 515. The molecule has 2 heterocycles. The number of nitrogens with zero attached hydrogens (tertiary/aromatic N) is 2. The molecule has 0 aliphatic heterocycles. The van der Waals surface area contributed by atoms with E-state index in [9.17, 15) is 4.79 Å². The van der Waals surface area contributed by atoms with Crippen LogP contribution in [0.4, 0.5) is 5.69 Å². The quantitative estimate of drug-likeness (QED) is 0.729. The summed E-state index contributed by atoms with van der Waals surface area (Å²) in [5.74, 6) is -0.104. The first-order valence-electron chi connectivity index (χ1n) is 5.91. The van der Waals surface area contributed by atoms with Gasteiger partial charge >= 0.3 is 0 Å². The van der Waals surface area contributed by atoms with E-state index in [1.54, 1.807) is 24.8 Å². The van der Waals surface area contributed by atoms with Crippen molar-refractivity contribution in [2.45, 2.75) is 19.9 Å². The topological polar surface area (TPSA) is 88.7 Å². The van der Waals surface area contributed by atoms with E-state index in [-0.39, 0.29) is 5.91 Å². The van der Waals surface area contributed by atoms with E-state index in [0.29, 0.717) is 17.9 Å². The van der Waals surface area contributed by atoms with Gasteiger partial charge < -0.3 is 20.6 Å². The Morgan fingerprint density at radius 1 is 1.61 bits per heavy atom. The van der Waals surface area contributed by atoms with Gasteiger partial charge in [0.25, 0.3) is 5.91 Å². The SMILES string of the molecule is CCn1cc(N)cc1C(=O)NCCc1cnc[nH]1. The molecule has 0 saturated heterocycles. The van der Waals surface area contributed by atoms with Crippen LogP contribution >= 0.6 is 0 Å². The van der Waals surface area contributed by atoms with Crippen LogP contribution in [0, 0.1) is 0 Å². The molecule has 0 atom stereocenters. The number of nitrogens with one attached hydrogen (secondary N) is 2. The number of rotatable bonds is 5. The number of carbonyl (C=O) groups is 1. The van der Waals surface area contributed by atoms with Gasteiger partial charge in [0.15, 0.2) is 0 Å². The van der Waals surface area contributed by atoms with Crippen molar-refractivity contribution in [3.63, 3.8) is 0 Å². The number of anilines is 1. The van der Waals surface area contributed by atoms with Crippen LogP contribution in [0.5, 0.6) is 0 Å². The molecule has 0 aromatic carbocycles. The monoisotopic (exact) mass is 247 g/mol. The third kappa shape index (κ3) is 2.71. The van der Waals surface area contributed by atoms with Crippen LogP contribution < -0.4 is 11.1 Å². The van der Waals surface area contributed by atoms with Crippen molar-refractivity contribution in [2.75, 3.05) is 12.3 Å². The Labute approximate surface area is 105 Å². The molecule has 2 aromatic heterocycles. The maximum absolute atomic E-state index is 12.0. The van der Waals surface area contributed by atoms with Crippen molar-refractivity contribution in [1.82, 2.24) is 19.9 Å². The summed E-state index contributed by atoms with van der Waals surface area (Å²) in [6.07, 6.45) is 5.87. The van der Waals surface area contributed by atoms with Gasteiger partial charge in [-0.2, -0.15) is 0 Å². The molecule has 6 heteroatoms. The van der Waals surface area contributed by atoms with Gasteiger partial charge in [0, 0.05) is 37.6 Å². The Kier molecular flexibility index (Phi) is 3.66. The highest BCUT2D eigenvalue weighted by molar-refractivity contribution is 5.93. The van der Waals surface area contributed by atoms with Crippen molar-refractivity contribution < 1.29 is 4.79 Å². The van der Waals surface area contributed by atoms with Gasteiger partial charge in [-0.3, -0.25) is 4.79 Å². The van der Waals surface area contributed by atoms with E-state index in [1.165, 1.54) is 0 Å². The van der Waals surface area contributed by atoms with Gasteiger partial charge in [0.05, 0.1) is 12.0 Å². The third-order valence-electron chi connectivity index (χ3n) is 2.73. The second kappa shape index (κ2) is 5.39. The fourth-order valence-corrected chi connectivity index (χ4v) is 1.81. The highest BCUT2D eigenvalue weighted by Gasteiger charge is 2.11. The van der Waals surface area contributed by atoms with Crippen molar-refractivity contribution in [2.24, 2.45) is 0 Å². The van der Waals surface area contributed by atoms with E-state index >= 15 is 0 Å². The molecule has 96 valence electrons. The number of H-pyrrole nitrogens is 1. The molecule has 18 heavy (non-hydrogen) atoms. The Hall–Kier alpha value is -2.24. The van der Waals surface area contributed by atoms with Gasteiger partial charge in [0.1, 0.15) is 5.69 Å². The summed E-state index contributed by atoms with van der Waals surface area (Å²) < 4.78 is 1.83. The zero-order valence-electron chi connectivity index (χ0n) is 10.3. The van der Waals surface area contributed by atoms with E-state index in [0.717, 1.165) is 18.7 Å². The lowest BCUT2D eigenvalue weighted by molar-refractivity contribution is 0.0945. The lowest BCUT2D eigenvalue weighted by Gasteiger charge is -2.06. The summed E-state index contributed by atoms with van der Waals surface area (Å²) in [7, 11) is 0. The molecule has 0 radical (unpaired) electrons. The number of hydrogen-bond acceptors (Lipinski definition) is 3. The van der Waals surface area contributed by atoms with Gasteiger partial charge in [-0.25, -0.2) is 4.98 Å². The number of carbonyl (C=O) groups excluding carboxylic acids is 1. The van der Waals surface area contributed by atoms with Gasteiger partial charge in [0.2, 0.25) is 0 Å². The van der Waals surface area contributed by atoms with Crippen LogP contribution in [-0.2, 0) is 13.0 Å². The van der Waals surface area contributed by atoms with Crippen molar-refractivity contribution >= 4 is 11.6 Å². The Morgan fingerprint density at radius 3 is 3.11 bits per heavy atom. The molecule has 0 bridgehead atoms. The highest BCUT2D eigenvalue weighted by atomic mass is 16.1. The maximum Gasteiger partial charge on any atom is 0.267 e. The first kappa shape index (κ1) is 12.2. The third-order valence-corrected chi connectivity index (χ3v) is 2.73. The molecule has 1 amide bonds. The van der Waals surface area contributed by atoms with Crippen LogP contribution in [0.15, 0.2) is 24.8 Å². The van der Waals surface area contributed by atoms with E-state index in [2.05, 4.69) is 15.3 Å². The molecule has 0 fully saturated rings. The Morgan fingerprint density at radius 2 is 2.44 bits per heavy atom. The number of imidazole rings is 1. The molecular weight excluding hydrogens is 230 g/mol. The smallest absolute Gasteiger partial charge is 0.267 e. The summed E-state index contributed by atoms with van der Waals surface area (Å²) in [5, 5.41) is 2.86. The molecule has 0 unspecified atom stereocenters. The summed E-state index contributed by atoms with van der Waals surface area (Å²) in [5.41, 5.74) is 7.89. The summed E-state index contributed by atoms with van der Waals surface area (Å²) in [6, 6.07) is 1.69.